The fraction of sp³-hybridized carbons (Fsp3) is 0.417. The highest BCUT2D eigenvalue weighted by Gasteiger charge is 2.23. The molecule has 0 saturated carbocycles. The Morgan fingerprint density at radius 3 is 3.16 bits per heavy atom. The highest BCUT2D eigenvalue weighted by Crippen LogP contribution is 2.20. The molecule has 1 fully saturated rings. The van der Waals surface area contributed by atoms with Crippen LogP contribution in [0.5, 0.6) is 0 Å². The van der Waals surface area contributed by atoms with Crippen molar-refractivity contribution in [3.63, 3.8) is 0 Å². The van der Waals surface area contributed by atoms with Crippen LogP contribution >= 0.6 is 15.9 Å². The Morgan fingerprint density at radius 1 is 1.53 bits per heavy atom. The summed E-state index contributed by atoms with van der Waals surface area (Å²) in [5, 5.41) is 3.38. The van der Waals surface area contributed by atoms with Crippen LogP contribution in [0.3, 0.4) is 0 Å². The van der Waals surface area contributed by atoms with E-state index in [2.05, 4.69) is 31.2 Å². The van der Waals surface area contributed by atoms with Gasteiger partial charge < -0.3 is 14.6 Å². The van der Waals surface area contributed by atoms with E-state index in [9.17, 15) is 4.79 Å². The number of fused-ring (bicyclic) bond motifs is 1. The van der Waals surface area contributed by atoms with Crippen molar-refractivity contribution < 1.29 is 4.79 Å². The fourth-order valence-electron chi connectivity index (χ4n) is 2.32. The van der Waals surface area contributed by atoms with Crippen LogP contribution in [0, 0.1) is 0 Å². The Hall–Kier alpha value is -1.63. The molecule has 2 aromatic rings. The van der Waals surface area contributed by atoms with E-state index in [1.54, 1.807) is 11.1 Å². The molecular weight excluding hydrogens is 310 g/mol. The molecule has 100 valence electrons. The average molecular weight is 324 g/mol. The quantitative estimate of drug-likeness (QED) is 0.910. The van der Waals surface area contributed by atoms with E-state index in [4.69, 9.17) is 0 Å². The molecule has 0 radical (unpaired) electrons. The van der Waals surface area contributed by atoms with Crippen LogP contribution in [-0.2, 0) is 4.79 Å². The number of halogens is 1. The van der Waals surface area contributed by atoms with Crippen molar-refractivity contribution in [2.75, 3.05) is 18.9 Å². The maximum Gasteiger partial charge on any atom is 0.222 e. The molecular formula is C12H14BrN5O. The number of nitrogens with zero attached hydrogens (tertiary/aromatic N) is 4. The van der Waals surface area contributed by atoms with Crippen molar-refractivity contribution in [1.82, 2.24) is 19.3 Å². The summed E-state index contributed by atoms with van der Waals surface area (Å²) in [6, 6.07) is 0.213. The summed E-state index contributed by atoms with van der Waals surface area (Å²) in [5.74, 6) is 0.943. The predicted molar refractivity (Wildman–Crippen MR) is 75.0 cm³/mol. The summed E-state index contributed by atoms with van der Waals surface area (Å²) in [6.45, 7) is 0.694. The van der Waals surface area contributed by atoms with Gasteiger partial charge in [0.05, 0.1) is 0 Å². The molecule has 0 bridgehead atoms. The number of piperidine rings is 1. The fourth-order valence-corrected chi connectivity index (χ4v) is 2.72. The lowest BCUT2D eigenvalue weighted by Gasteiger charge is -2.30. The first-order valence-electron chi connectivity index (χ1n) is 6.13. The Bertz CT molecular complexity index is 626. The van der Waals surface area contributed by atoms with Gasteiger partial charge in [0.15, 0.2) is 11.5 Å². The predicted octanol–water partition coefficient (Wildman–Crippen LogP) is 1.52. The Labute approximate surface area is 119 Å². The molecule has 1 aliphatic heterocycles. The van der Waals surface area contributed by atoms with Gasteiger partial charge in [-0.2, -0.15) is 0 Å². The number of nitrogens with one attached hydrogen (secondary N) is 1. The van der Waals surface area contributed by atoms with Gasteiger partial charge in [-0.05, 0) is 22.4 Å². The first-order chi connectivity index (χ1) is 9.13. The highest BCUT2D eigenvalue weighted by molar-refractivity contribution is 9.10. The lowest BCUT2D eigenvalue weighted by atomic mass is 10.1. The minimum Gasteiger partial charge on any atom is -0.362 e. The van der Waals surface area contributed by atoms with Crippen molar-refractivity contribution in [2.45, 2.75) is 18.9 Å². The third-order valence-corrected chi connectivity index (χ3v) is 3.69. The topological polar surface area (TPSA) is 62.5 Å². The van der Waals surface area contributed by atoms with Crippen LogP contribution < -0.4 is 5.32 Å². The number of imidazole rings is 1. The summed E-state index contributed by atoms with van der Waals surface area (Å²) in [4.78, 5) is 22.0. The van der Waals surface area contributed by atoms with Crippen LogP contribution in [0.25, 0.3) is 5.65 Å². The molecule has 0 aromatic carbocycles. The van der Waals surface area contributed by atoms with Crippen LogP contribution in [0.4, 0.5) is 5.82 Å². The Morgan fingerprint density at radius 2 is 2.37 bits per heavy atom. The summed E-state index contributed by atoms with van der Waals surface area (Å²) >= 11 is 3.39. The zero-order chi connectivity index (χ0) is 13.4. The minimum atomic E-state index is 0.200. The van der Waals surface area contributed by atoms with E-state index in [1.807, 2.05) is 23.8 Å². The average Bonchev–Trinajstić information content (AvgIpc) is 2.82. The van der Waals surface area contributed by atoms with E-state index in [0.717, 1.165) is 22.5 Å². The largest absolute Gasteiger partial charge is 0.362 e. The van der Waals surface area contributed by atoms with E-state index in [1.165, 1.54) is 0 Å². The number of carbonyl (C=O) groups excluding carboxylic acids is 1. The number of carbonyl (C=O) groups is 1. The zero-order valence-electron chi connectivity index (χ0n) is 10.5. The molecule has 0 aliphatic carbocycles. The molecule has 3 heterocycles. The lowest BCUT2D eigenvalue weighted by molar-refractivity contribution is -0.132. The number of hydrogen-bond acceptors (Lipinski definition) is 4. The molecule has 7 heteroatoms. The summed E-state index contributed by atoms with van der Waals surface area (Å²) in [6.07, 6.45) is 6.88. The number of hydrogen-bond donors (Lipinski definition) is 1. The van der Waals surface area contributed by atoms with Crippen molar-refractivity contribution in [2.24, 2.45) is 0 Å². The number of rotatable bonds is 2. The molecule has 19 heavy (non-hydrogen) atoms. The maximum absolute atomic E-state index is 11.5. The first kappa shape index (κ1) is 12.4. The molecule has 1 aliphatic rings. The van der Waals surface area contributed by atoms with E-state index < -0.39 is 0 Å². The van der Waals surface area contributed by atoms with Gasteiger partial charge in [0.2, 0.25) is 5.91 Å². The van der Waals surface area contributed by atoms with Crippen molar-refractivity contribution in [3.8, 4) is 0 Å². The molecule has 0 spiro atoms. The standard InChI is InChI=1S/C12H14BrN5O/c1-17-6-8(2-3-10(17)19)15-11-12-14-4-5-18(12)7-9(13)16-11/h4-5,7-8H,2-3,6H2,1H3,(H,15,16). The Balaban J connectivity index is 1.85. The second-order valence-electron chi connectivity index (χ2n) is 4.72. The third-order valence-electron chi connectivity index (χ3n) is 3.31. The van der Waals surface area contributed by atoms with Gasteiger partial charge in [0.25, 0.3) is 0 Å². The lowest BCUT2D eigenvalue weighted by Crippen LogP contribution is -2.43. The smallest absolute Gasteiger partial charge is 0.222 e. The number of amides is 1. The van der Waals surface area contributed by atoms with Gasteiger partial charge in [-0.25, -0.2) is 9.97 Å². The normalized spacial score (nSPS) is 20.0. The minimum absolute atomic E-state index is 0.200. The summed E-state index contributed by atoms with van der Waals surface area (Å²) in [7, 11) is 1.83. The second-order valence-corrected chi connectivity index (χ2v) is 5.54. The number of aromatic nitrogens is 3. The van der Waals surface area contributed by atoms with Crippen LogP contribution in [0.1, 0.15) is 12.8 Å². The van der Waals surface area contributed by atoms with Crippen LogP contribution in [0.2, 0.25) is 0 Å². The summed E-state index contributed by atoms with van der Waals surface area (Å²) in [5.41, 5.74) is 0.794. The number of likely N-dealkylation sites (N-methyl/N-ethyl adjacent to an activating group) is 1. The zero-order valence-corrected chi connectivity index (χ0v) is 12.1. The third kappa shape index (κ3) is 2.42. The molecule has 2 aromatic heterocycles. The van der Waals surface area contributed by atoms with Crippen LogP contribution in [-0.4, -0.2) is 44.8 Å². The molecule has 3 rings (SSSR count). The first-order valence-corrected chi connectivity index (χ1v) is 6.92. The van der Waals surface area contributed by atoms with Gasteiger partial charge in [0, 0.05) is 44.6 Å². The monoisotopic (exact) mass is 323 g/mol. The van der Waals surface area contributed by atoms with Crippen LogP contribution in [0.15, 0.2) is 23.2 Å². The molecule has 6 nitrogen and oxygen atoms in total. The highest BCUT2D eigenvalue weighted by atomic mass is 79.9. The van der Waals surface area contributed by atoms with E-state index in [0.29, 0.717) is 13.0 Å². The van der Waals surface area contributed by atoms with E-state index >= 15 is 0 Å². The van der Waals surface area contributed by atoms with Crippen molar-refractivity contribution in [1.29, 1.82) is 0 Å². The van der Waals surface area contributed by atoms with Gasteiger partial charge in [-0.1, -0.05) is 0 Å². The molecule has 1 saturated heterocycles. The van der Waals surface area contributed by atoms with Gasteiger partial charge in [-0.15, -0.1) is 0 Å². The van der Waals surface area contributed by atoms with Crippen molar-refractivity contribution in [3.05, 3.63) is 23.2 Å². The second kappa shape index (κ2) is 4.80. The molecule has 1 atom stereocenters. The molecule has 1 amide bonds. The molecule has 1 N–H and O–H groups in total. The maximum atomic E-state index is 11.5. The van der Waals surface area contributed by atoms with Crippen molar-refractivity contribution >= 4 is 33.3 Å². The summed E-state index contributed by atoms with van der Waals surface area (Å²) < 4.78 is 2.66. The SMILES string of the molecule is CN1CC(Nc2nc(Br)cn3ccnc23)CCC1=O. The van der Waals surface area contributed by atoms with Gasteiger partial charge in [-0.3, -0.25) is 4.79 Å². The van der Waals surface area contributed by atoms with Gasteiger partial charge >= 0.3 is 0 Å². The molecule has 1 unspecified atom stereocenters. The van der Waals surface area contributed by atoms with Gasteiger partial charge in [0.1, 0.15) is 4.60 Å². The van der Waals surface area contributed by atoms with E-state index in [-0.39, 0.29) is 11.9 Å². The Kier molecular flexibility index (Phi) is 3.14. The number of likely N-dealkylation sites (tertiary alicyclic amines) is 1. The number of anilines is 1.